The van der Waals surface area contributed by atoms with E-state index in [4.69, 9.17) is 0 Å². The maximum atomic E-state index is 12.9. The molecular weight excluding hydrogens is 321 g/mol. The molecule has 1 aliphatic heterocycles. The van der Waals surface area contributed by atoms with Gasteiger partial charge in [-0.25, -0.2) is 12.8 Å². The van der Waals surface area contributed by atoms with Crippen LogP contribution in [0.3, 0.4) is 0 Å². The van der Waals surface area contributed by atoms with E-state index in [0.717, 1.165) is 5.56 Å². The van der Waals surface area contributed by atoms with Crippen LogP contribution >= 0.6 is 0 Å². The molecule has 1 aromatic rings. The van der Waals surface area contributed by atoms with Crippen LogP contribution in [-0.4, -0.2) is 74.5 Å². The molecule has 0 aliphatic carbocycles. The van der Waals surface area contributed by atoms with Crippen LogP contribution in [-0.2, 0) is 21.4 Å². The maximum absolute atomic E-state index is 12.9. The Labute approximate surface area is 136 Å². The fraction of sp³-hybridized carbons (Fsp3) is 0.533. The topological polar surface area (TPSA) is 60.9 Å². The Morgan fingerprint density at radius 1 is 1.17 bits per heavy atom. The van der Waals surface area contributed by atoms with Crippen LogP contribution in [0.15, 0.2) is 24.3 Å². The first-order valence-electron chi connectivity index (χ1n) is 7.41. The first kappa shape index (κ1) is 17.8. The second-order valence-corrected chi connectivity index (χ2v) is 7.80. The number of sulfonamides is 1. The van der Waals surface area contributed by atoms with Gasteiger partial charge in [-0.1, -0.05) is 12.1 Å². The summed E-state index contributed by atoms with van der Waals surface area (Å²) in [5.74, 6) is -0.339. The highest BCUT2D eigenvalue weighted by atomic mass is 32.2. The van der Waals surface area contributed by atoms with Crippen LogP contribution in [0.2, 0.25) is 0 Å². The fourth-order valence-electron chi connectivity index (χ4n) is 2.48. The van der Waals surface area contributed by atoms with Crippen molar-refractivity contribution in [1.29, 1.82) is 0 Å². The minimum Gasteiger partial charge on any atom is -0.340 e. The number of hydrogen-bond acceptors (Lipinski definition) is 4. The number of amides is 1. The van der Waals surface area contributed by atoms with E-state index in [-0.39, 0.29) is 18.3 Å². The quantitative estimate of drug-likeness (QED) is 0.775. The predicted octanol–water partition coefficient (Wildman–Crippen LogP) is 0.361. The van der Waals surface area contributed by atoms with E-state index in [9.17, 15) is 17.6 Å². The Balaban J connectivity index is 1.81. The molecule has 0 N–H and O–H groups in total. The van der Waals surface area contributed by atoms with Gasteiger partial charge < -0.3 is 4.90 Å². The van der Waals surface area contributed by atoms with Gasteiger partial charge in [0, 0.05) is 39.8 Å². The summed E-state index contributed by atoms with van der Waals surface area (Å²) in [5.41, 5.74) is 0.865. The average Bonchev–Trinajstić information content (AvgIpc) is 2.49. The van der Waals surface area contributed by atoms with Crippen molar-refractivity contribution >= 4 is 15.9 Å². The van der Waals surface area contributed by atoms with Crippen molar-refractivity contribution in [3.63, 3.8) is 0 Å². The van der Waals surface area contributed by atoms with E-state index in [1.54, 1.807) is 24.1 Å². The number of benzene rings is 1. The molecular formula is C15H22FN3O3S. The number of rotatable bonds is 5. The van der Waals surface area contributed by atoms with E-state index in [0.29, 0.717) is 32.7 Å². The first-order valence-corrected chi connectivity index (χ1v) is 9.26. The van der Waals surface area contributed by atoms with Gasteiger partial charge in [0.25, 0.3) is 0 Å². The summed E-state index contributed by atoms with van der Waals surface area (Å²) in [6.07, 6.45) is 1.20. The number of carbonyl (C=O) groups is 1. The molecule has 128 valence electrons. The molecule has 6 nitrogen and oxygen atoms in total. The molecule has 1 aliphatic rings. The number of carbonyl (C=O) groups excluding carboxylic acids is 1. The minimum atomic E-state index is -3.16. The Hall–Kier alpha value is -1.51. The van der Waals surface area contributed by atoms with Gasteiger partial charge in [-0.2, -0.15) is 4.31 Å². The molecule has 0 aromatic heterocycles. The maximum Gasteiger partial charge on any atom is 0.236 e. The molecule has 0 unspecified atom stereocenters. The molecule has 1 saturated heterocycles. The molecule has 0 spiro atoms. The number of nitrogens with zero attached hydrogens (tertiary/aromatic N) is 3. The Kier molecular flexibility index (Phi) is 5.72. The Morgan fingerprint density at radius 3 is 2.26 bits per heavy atom. The third kappa shape index (κ3) is 5.26. The van der Waals surface area contributed by atoms with Crippen molar-refractivity contribution in [3.05, 3.63) is 35.6 Å². The summed E-state index contributed by atoms with van der Waals surface area (Å²) in [4.78, 5) is 15.8. The van der Waals surface area contributed by atoms with Crippen LogP contribution in [0.25, 0.3) is 0 Å². The van der Waals surface area contributed by atoms with Gasteiger partial charge in [-0.05, 0) is 17.7 Å². The van der Waals surface area contributed by atoms with Crippen molar-refractivity contribution in [1.82, 2.24) is 14.1 Å². The van der Waals surface area contributed by atoms with Gasteiger partial charge in [0.15, 0.2) is 0 Å². The van der Waals surface area contributed by atoms with Gasteiger partial charge in [0.2, 0.25) is 15.9 Å². The normalized spacial score (nSPS) is 17.2. The number of hydrogen-bond donors (Lipinski definition) is 0. The lowest BCUT2D eigenvalue weighted by atomic mass is 10.2. The van der Waals surface area contributed by atoms with Gasteiger partial charge in [0.1, 0.15) is 5.82 Å². The summed E-state index contributed by atoms with van der Waals surface area (Å²) >= 11 is 0. The van der Waals surface area contributed by atoms with E-state index >= 15 is 0 Å². The van der Waals surface area contributed by atoms with E-state index in [1.807, 2.05) is 4.90 Å². The van der Waals surface area contributed by atoms with Crippen LogP contribution in [0, 0.1) is 5.82 Å². The average molecular weight is 343 g/mol. The molecule has 23 heavy (non-hydrogen) atoms. The van der Waals surface area contributed by atoms with Crippen molar-refractivity contribution in [2.75, 3.05) is 46.0 Å². The largest absolute Gasteiger partial charge is 0.340 e. The van der Waals surface area contributed by atoms with Gasteiger partial charge in [0.05, 0.1) is 12.8 Å². The molecule has 1 aromatic carbocycles. The summed E-state index contributed by atoms with van der Waals surface area (Å²) in [7, 11) is -1.45. The molecule has 0 saturated carbocycles. The molecule has 1 fully saturated rings. The number of halogens is 1. The van der Waals surface area contributed by atoms with Crippen LogP contribution in [0.4, 0.5) is 4.39 Å². The zero-order valence-electron chi connectivity index (χ0n) is 13.4. The highest BCUT2D eigenvalue weighted by molar-refractivity contribution is 7.88. The van der Waals surface area contributed by atoms with Crippen molar-refractivity contribution in [2.24, 2.45) is 0 Å². The second-order valence-electron chi connectivity index (χ2n) is 5.81. The molecule has 8 heteroatoms. The van der Waals surface area contributed by atoms with Gasteiger partial charge in [-0.15, -0.1) is 0 Å². The fourth-order valence-corrected chi connectivity index (χ4v) is 3.31. The Morgan fingerprint density at radius 2 is 1.74 bits per heavy atom. The van der Waals surface area contributed by atoms with Gasteiger partial charge >= 0.3 is 0 Å². The third-order valence-electron chi connectivity index (χ3n) is 3.92. The summed E-state index contributed by atoms with van der Waals surface area (Å²) in [6, 6.07) is 6.06. The van der Waals surface area contributed by atoms with Crippen molar-refractivity contribution < 1.29 is 17.6 Å². The van der Waals surface area contributed by atoms with E-state index < -0.39 is 10.0 Å². The smallest absolute Gasteiger partial charge is 0.236 e. The predicted molar refractivity (Wildman–Crippen MR) is 85.7 cm³/mol. The summed E-state index contributed by atoms with van der Waals surface area (Å²) in [5, 5.41) is 0. The molecule has 0 bridgehead atoms. The lowest BCUT2D eigenvalue weighted by Gasteiger charge is -2.33. The standard InChI is InChI=1S/C15H22FN3O3S/c1-17(11-13-3-5-14(16)6-4-13)15(20)12-18-7-9-19(10-8-18)23(2,21)22/h3-6H,7-12H2,1-2H3. The molecule has 2 rings (SSSR count). The number of piperazine rings is 1. The highest BCUT2D eigenvalue weighted by Gasteiger charge is 2.25. The van der Waals surface area contributed by atoms with Crippen LogP contribution in [0.5, 0.6) is 0 Å². The SMILES string of the molecule is CN(Cc1ccc(F)cc1)C(=O)CN1CCN(S(C)(=O)=O)CC1. The molecule has 1 heterocycles. The lowest BCUT2D eigenvalue weighted by molar-refractivity contribution is -0.131. The second kappa shape index (κ2) is 7.37. The van der Waals surface area contributed by atoms with Crippen molar-refractivity contribution in [2.45, 2.75) is 6.54 Å². The monoisotopic (exact) mass is 343 g/mol. The summed E-state index contributed by atoms with van der Waals surface area (Å²) in [6.45, 7) is 2.59. The van der Waals surface area contributed by atoms with E-state index in [1.165, 1.54) is 22.7 Å². The van der Waals surface area contributed by atoms with Crippen LogP contribution in [0.1, 0.15) is 5.56 Å². The lowest BCUT2D eigenvalue weighted by Crippen LogP contribution is -2.50. The highest BCUT2D eigenvalue weighted by Crippen LogP contribution is 2.08. The third-order valence-corrected chi connectivity index (χ3v) is 5.22. The molecule has 0 atom stereocenters. The Bertz CT molecular complexity index is 640. The van der Waals surface area contributed by atoms with Crippen molar-refractivity contribution in [3.8, 4) is 0 Å². The minimum absolute atomic E-state index is 0.0397. The zero-order chi connectivity index (χ0) is 17.0. The van der Waals surface area contributed by atoms with E-state index in [2.05, 4.69) is 0 Å². The molecule has 1 amide bonds. The zero-order valence-corrected chi connectivity index (χ0v) is 14.2. The number of likely N-dealkylation sites (N-methyl/N-ethyl adjacent to an activating group) is 1. The first-order chi connectivity index (χ1) is 10.8. The molecule has 0 radical (unpaired) electrons. The van der Waals surface area contributed by atoms with Gasteiger partial charge in [-0.3, -0.25) is 9.69 Å². The van der Waals surface area contributed by atoms with Crippen LogP contribution < -0.4 is 0 Å². The summed E-state index contributed by atoms with van der Waals surface area (Å²) < 4.78 is 37.2.